The molecule has 0 radical (unpaired) electrons. The Bertz CT molecular complexity index is 1380. The van der Waals surface area contributed by atoms with Gasteiger partial charge in [-0.1, -0.05) is 32.0 Å². The SMILES string of the molecule is CNC(=O)c1ccnc2c(C(C)[C@H](C)CNc3cc(-c4ccc(N5CCCC5)nc4)ncn3)cccc12. The van der Waals surface area contributed by atoms with E-state index in [1.54, 1.807) is 25.6 Å². The Morgan fingerprint density at radius 2 is 1.86 bits per heavy atom. The molecular formula is C29H33N7O. The van der Waals surface area contributed by atoms with Crippen molar-refractivity contribution in [3.8, 4) is 11.3 Å². The second-order valence-corrected chi connectivity index (χ2v) is 9.72. The van der Waals surface area contributed by atoms with E-state index in [4.69, 9.17) is 0 Å². The number of pyridine rings is 2. The summed E-state index contributed by atoms with van der Waals surface area (Å²) in [5.74, 6) is 2.21. The zero-order valence-corrected chi connectivity index (χ0v) is 21.6. The lowest BCUT2D eigenvalue weighted by Crippen LogP contribution is -2.19. The standard InChI is InChI=1S/C29H33N7O/c1-19(20(2)22-7-6-8-23-24(29(37)30-3)11-12-31-28(22)23)16-32-26-15-25(34-18-35-26)21-9-10-27(33-17-21)36-13-4-5-14-36/h6-12,15,17-20H,4-5,13-14,16H2,1-3H3,(H,30,37)(H,32,34,35)/t19-,20?/m1/s1. The molecule has 1 aliphatic rings. The molecule has 0 saturated carbocycles. The van der Waals surface area contributed by atoms with Crippen molar-refractivity contribution in [1.82, 2.24) is 25.3 Å². The predicted octanol–water partition coefficient (Wildman–Crippen LogP) is 4.90. The van der Waals surface area contributed by atoms with Gasteiger partial charge in [0.05, 0.1) is 16.8 Å². The highest BCUT2D eigenvalue weighted by Gasteiger charge is 2.20. The van der Waals surface area contributed by atoms with E-state index in [0.29, 0.717) is 5.56 Å². The van der Waals surface area contributed by atoms with Crippen LogP contribution in [-0.2, 0) is 0 Å². The van der Waals surface area contributed by atoms with Gasteiger partial charge >= 0.3 is 0 Å². The van der Waals surface area contributed by atoms with Crippen LogP contribution in [0.25, 0.3) is 22.2 Å². The van der Waals surface area contributed by atoms with Gasteiger partial charge in [0, 0.05) is 56.1 Å². The van der Waals surface area contributed by atoms with Crippen LogP contribution in [0.5, 0.6) is 0 Å². The van der Waals surface area contributed by atoms with Gasteiger partial charge in [-0.25, -0.2) is 15.0 Å². The minimum absolute atomic E-state index is 0.104. The molecule has 1 aliphatic heterocycles. The summed E-state index contributed by atoms with van der Waals surface area (Å²) in [5, 5.41) is 7.08. The van der Waals surface area contributed by atoms with E-state index in [-0.39, 0.29) is 17.7 Å². The number of aromatic nitrogens is 4. The first-order valence-corrected chi connectivity index (χ1v) is 12.9. The second-order valence-electron chi connectivity index (χ2n) is 9.72. The topological polar surface area (TPSA) is 95.9 Å². The number of nitrogens with one attached hydrogen (secondary N) is 2. The molecule has 2 atom stereocenters. The Morgan fingerprint density at radius 3 is 2.62 bits per heavy atom. The van der Waals surface area contributed by atoms with Crippen molar-refractivity contribution in [2.75, 3.05) is 36.9 Å². The van der Waals surface area contributed by atoms with Gasteiger partial charge in [0.1, 0.15) is 18.0 Å². The molecular weight excluding hydrogens is 462 g/mol. The molecule has 4 aromatic rings. The number of amides is 1. The first-order valence-electron chi connectivity index (χ1n) is 12.9. The monoisotopic (exact) mass is 495 g/mol. The third kappa shape index (κ3) is 5.23. The number of hydrogen-bond acceptors (Lipinski definition) is 7. The summed E-state index contributed by atoms with van der Waals surface area (Å²) in [5.41, 5.74) is 4.47. The number of fused-ring (bicyclic) bond motifs is 1. The Labute approximate surface area is 217 Å². The molecule has 3 aromatic heterocycles. The van der Waals surface area contributed by atoms with Crippen molar-refractivity contribution in [3.05, 3.63) is 72.3 Å². The first kappa shape index (κ1) is 24.6. The summed E-state index contributed by atoms with van der Waals surface area (Å²) in [6, 6.07) is 14.0. The van der Waals surface area contributed by atoms with Gasteiger partial charge in [0.15, 0.2) is 0 Å². The van der Waals surface area contributed by atoms with E-state index in [1.165, 1.54) is 12.8 Å². The van der Waals surface area contributed by atoms with Crippen LogP contribution in [-0.4, -0.2) is 52.5 Å². The van der Waals surface area contributed by atoms with Crippen LogP contribution in [0.2, 0.25) is 0 Å². The molecule has 8 nitrogen and oxygen atoms in total. The fourth-order valence-corrected chi connectivity index (χ4v) is 4.93. The van der Waals surface area contributed by atoms with E-state index >= 15 is 0 Å². The number of carbonyl (C=O) groups is 1. The van der Waals surface area contributed by atoms with Gasteiger partial charge in [0.25, 0.3) is 5.91 Å². The molecule has 1 unspecified atom stereocenters. The van der Waals surface area contributed by atoms with E-state index in [9.17, 15) is 4.79 Å². The summed E-state index contributed by atoms with van der Waals surface area (Å²) in [6.45, 7) is 7.30. The molecule has 0 bridgehead atoms. The summed E-state index contributed by atoms with van der Waals surface area (Å²) < 4.78 is 0. The Morgan fingerprint density at radius 1 is 1.03 bits per heavy atom. The molecule has 0 spiro atoms. The minimum Gasteiger partial charge on any atom is -0.370 e. The molecule has 190 valence electrons. The van der Waals surface area contributed by atoms with Crippen LogP contribution in [0.3, 0.4) is 0 Å². The van der Waals surface area contributed by atoms with Crippen LogP contribution < -0.4 is 15.5 Å². The fourth-order valence-electron chi connectivity index (χ4n) is 4.93. The second kappa shape index (κ2) is 10.9. The lowest BCUT2D eigenvalue weighted by atomic mass is 9.87. The number of hydrogen-bond donors (Lipinski definition) is 2. The summed E-state index contributed by atoms with van der Waals surface area (Å²) in [7, 11) is 1.65. The maximum Gasteiger partial charge on any atom is 0.251 e. The van der Waals surface area contributed by atoms with E-state index < -0.39 is 0 Å². The van der Waals surface area contributed by atoms with Gasteiger partial charge < -0.3 is 15.5 Å². The van der Waals surface area contributed by atoms with Crippen molar-refractivity contribution in [1.29, 1.82) is 0 Å². The molecule has 5 rings (SSSR count). The van der Waals surface area contributed by atoms with Gasteiger partial charge in [-0.15, -0.1) is 0 Å². The van der Waals surface area contributed by atoms with Gasteiger partial charge in [-0.3, -0.25) is 9.78 Å². The zero-order chi connectivity index (χ0) is 25.8. The average Bonchev–Trinajstić information content (AvgIpc) is 3.50. The summed E-state index contributed by atoms with van der Waals surface area (Å²) in [4.78, 5) is 32.8. The maximum absolute atomic E-state index is 12.3. The molecule has 1 aromatic carbocycles. The van der Waals surface area contributed by atoms with Crippen molar-refractivity contribution in [2.45, 2.75) is 32.6 Å². The molecule has 2 N–H and O–H groups in total. The molecule has 37 heavy (non-hydrogen) atoms. The zero-order valence-electron chi connectivity index (χ0n) is 21.6. The molecule has 4 heterocycles. The molecule has 1 fully saturated rings. The predicted molar refractivity (Wildman–Crippen MR) is 148 cm³/mol. The summed E-state index contributed by atoms with van der Waals surface area (Å²) >= 11 is 0. The first-order chi connectivity index (χ1) is 18.0. The van der Waals surface area contributed by atoms with E-state index in [2.05, 4.69) is 67.5 Å². The van der Waals surface area contributed by atoms with Crippen LogP contribution in [0.1, 0.15) is 48.5 Å². The van der Waals surface area contributed by atoms with Gasteiger partial charge in [-0.05, 0) is 48.4 Å². The number of nitrogens with zero attached hydrogens (tertiary/aromatic N) is 5. The third-order valence-corrected chi connectivity index (χ3v) is 7.36. The number of rotatable bonds is 8. The number of para-hydroxylation sites is 1. The number of carbonyl (C=O) groups excluding carboxylic acids is 1. The van der Waals surface area contributed by atoms with E-state index in [1.807, 2.05) is 24.4 Å². The highest BCUT2D eigenvalue weighted by Crippen LogP contribution is 2.31. The molecule has 8 heteroatoms. The Balaban J connectivity index is 1.28. The van der Waals surface area contributed by atoms with Crippen molar-refractivity contribution < 1.29 is 4.79 Å². The average molecular weight is 496 g/mol. The Kier molecular flexibility index (Phi) is 7.25. The van der Waals surface area contributed by atoms with Crippen molar-refractivity contribution >= 4 is 28.4 Å². The highest BCUT2D eigenvalue weighted by atomic mass is 16.1. The maximum atomic E-state index is 12.3. The quantitative estimate of drug-likeness (QED) is 0.359. The van der Waals surface area contributed by atoms with Crippen LogP contribution in [0.15, 0.2) is 61.2 Å². The lowest BCUT2D eigenvalue weighted by molar-refractivity contribution is 0.0964. The highest BCUT2D eigenvalue weighted by molar-refractivity contribution is 6.06. The smallest absolute Gasteiger partial charge is 0.251 e. The van der Waals surface area contributed by atoms with E-state index in [0.717, 1.165) is 59.0 Å². The van der Waals surface area contributed by atoms with Gasteiger partial charge in [0.2, 0.25) is 0 Å². The normalized spacial score (nSPS) is 14.9. The fraction of sp³-hybridized carbons (Fsp3) is 0.345. The lowest BCUT2D eigenvalue weighted by Gasteiger charge is -2.22. The van der Waals surface area contributed by atoms with Crippen LogP contribution >= 0.6 is 0 Å². The third-order valence-electron chi connectivity index (χ3n) is 7.36. The minimum atomic E-state index is -0.104. The largest absolute Gasteiger partial charge is 0.370 e. The Hall–Kier alpha value is -4.07. The number of anilines is 2. The number of benzene rings is 1. The molecule has 1 amide bonds. The van der Waals surface area contributed by atoms with Crippen molar-refractivity contribution in [2.24, 2.45) is 5.92 Å². The van der Waals surface area contributed by atoms with Crippen molar-refractivity contribution in [3.63, 3.8) is 0 Å². The molecule has 1 saturated heterocycles. The van der Waals surface area contributed by atoms with Crippen LogP contribution in [0.4, 0.5) is 11.6 Å². The van der Waals surface area contributed by atoms with Crippen LogP contribution in [0, 0.1) is 5.92 Å². The molecule has 0 aliphatic carbocycles. The van der Waals surface area contributed by atoms with Gasteiger partial charge in [-0.2, -0.15) is 0 Å². The summed E-state index contributed by atoms with van der Waals surface area (Å²) in [6.07, 6.45) is 7.66.